The molecule has 1 unspecified atom stereocenters. The van der Waals surface area contributed by atoms with Crippen molar-refractivity contribution in [3.8, 4) is 11.4 Å². The van der Waals surface area contributed by atoms with Gasteiger partial charge in [0.05, 0.1) is 41.6 Å². The molecular weight excluding hydrogens is 553 g/mol. The molecule has 1 aliphatic rings. The van der Waals surface area contributed by atoms with Gasteiger partial charge in [0.2, 0.25) is 0 Å². The number of nitrogens with zero attached hydrogens (tertiary/aromatic N) is 4. The molecule has 1 aromatic carbocycles. The minimum Gasteiger partial charge on any atom is -0.383 e. The number of aromatic nitrogens is 5. The summed E-state index contributed by atoms with van der Waals surface area (Å²) in [5, 5.41) is 8.37. The summed E-state index contributed by atoms with van der Waals surface area (Å²) < 4.78 is 75.8. The SMILES string of the molecule is CC(CCCn1ccc2cc(-c3ncc(C4(F)COC4)c(N)n3)c(F)cc2c1=O)Nc1cn[nH]c(=O)c1C(F)(F)F. The van der Waals surface area contributed by atoms with Crippen LogP contribution in [0.1, 0.15) is 30.9 Å². The quantitative estimate of drug-likeness (QED) is 0.269. The van der Waals surface area contributed by atoms with E-state index in [-0.39, 0.29) is 47.9 Å². The lowest BCUT2D eigenvalue weighted by atomic mass is 9.96. The molecule has 0 bridgehead atoms. The summed E-state index contributed by atoms with van der Waals surface area (Å²) in [7, 11) is 0. The number of hydrogen-bond acceptors (Lipinski definition) is 8. The minimum atomic E-state index is -4.86. The molecule has 1 fully saturated rings. The maximum absolute atomic E-state index is 15.1. The van der Waals surface area contributed by atoms with Gasteiger partial charge in [0.1, 0.15) is 17.2 Å². The standard InChI is InChI=1S/C26H24F5N7O3/c1-13(35-19-10-34-37-23(39)20(19)26(29,30)31)3-2-5-38-6-4-14-7-16(18(27)8-15(14)24(38)40)22-33-9-17(21(32)36-22)25(28)11-41-12-25/h4,6-10,13H,2-3,5,11-12H2,1H3,(H2,32,33,36)(H2,35,37,39). The number of hydrogen-bond donors (Lipinski definition) is 3. The highest BCUT2D eigenvalue weighted by atomic mass is 19.4. The average molecular weight is 578 g/mol. The predicted octanol–water partition coefficient (Wildman–Crippen LogP) is 3.76. The van der Waals surface area contributed by atoms with Gasteiger partial charge in [-0.15, -0.1) is 0 Å². The van der Waals surface area contributed by atoms with Crippen LogP contribution in [0, 0.1) is 5.82 Å². The Morgan fingerprint density at radius 3 is 2.66 bits per heavy atom. The molecule has 0 spiro atoms. The zero-order chi connectivity index (χ0) is 29.5. The molecule has 5 rings (SSSR count). The first-order valence-electron chi connectivity index (χ1n) is 12.5. The number of anilines is 2. The van der Waals surface area contributed by atoms with E-state index in [1.165, 1.54) is 23.0 Å². The van der Waals surface area contributed by atoms with Crippen molar-refractivity contribution >= 4 is 22.3 Å². The van der Waals surface area contributed by atoms with E-state index in [2.05, 4.69) is 20.4 Å². The third-order valence-corrected chi connectivity index (χ3v) is 6.85. The molecule has 4 heterocycles. The van der Waals surface area contributed by atoms with Gasteiger partial charge in [0.15, 0.2) is 11.5 Å². The lowest BCUT2D eigenvalue weighted by Crippen LogP contribution is -2.43. The van der Waals surface area contributed by atoms with Gasteiger partial charge < -0.3 is 20.4 Å². The van der Waals surface area contributed by atoms with Crippen molar-refractivity contribution in [3.63, 3.8) is 0 Å². The van der Waals surface area contributed by atoms with Crippen LogP contribution in [-0.4, -0.2) is 44.0 Å². The minimum absolute atomic E-state index is 0.0157. The highest BCUT2D eigenvalue weighted by molar-refractivity contribution is 5.86. The number of rotatable bonds is 8. The molecule has 10 nitrogen and oxygen atoms in total. The molecule has 1 atom stereocenters. The molecule has 0 aliphatic carbocycles. The molecule has 15 heteroatoms. The summed E-state index contributed by atoms with van der Waals surface area (Å²) in [5.74, 6) is -0.972. The largest absolute Gasteiger partial charge is 0.423 e. The van der Waals surface area contributed by atoms with Gasteiger partial charge in [-0.3, -0.25) is 9.59 Å². The number of halogens is 5. The Morgan fingerprint density at radius 2 is 2.00 bits per heavy atom. The number of alkyl halides is 4. The summed E-state index contributed by atoms with van der Waals surface area (Å²) in [6.45, 7) is 1.50. The zero-order valence-corrected chi connectivity index (χ0v) is 21.6. The Labute approximate surface area is 228 Å². The highest BCUT2D eigenvalue weighted by Gasteiger charge is 2.43. The fraction of sp³-hybridized carbons (Fsp3) is 0.346. The van der Waals surface area contributed by atoms with E-state index in [0.717, 1.165) is 12.3 Å². The number of ether oxygens (including phenoxy) is 1. The van der Waals surface area contributed by atoms with Crippen LogP contribution in [0.25, 0.3) is 22.2 Å². The number of pyridine rings is 1. The van der Waals surface area contributed by atoms with Gasteiger partial charge >= 0.3 is 6.18 Å². The van der Waals surface area contributed by atoms with E-state index in [9.17, 15) is 27.2 Å². The fourth-order valence-corrected chi connectivity index (χ4v) is 4.65. The molecule has 216 valence electrons. The molecule has 1 saturated heterocycles. The van der Waals surface area contributed by atoms with E-state index >= 15 is 4.39 Å². The Kier molecular flexibility index (Phi) is 7.23. The molecule has 1 aliphatic heterocycles. The van der Waals surface area contributed by atoms with E-state index in [0.29, 0.717) is 18.2 Å². The normalized spacial score (nSPS) is 15.5. The number of nitrogens with two attached hydrogens (primary N) is 1. The first-order chi connectivity index (χ1) is 19.4. The van der Waals surface area contributed by atoms with Crippen molar-refractivity contribution in [2.24, 2.45) is 0 Å². The van der Waals surface area contributed by atoms with Crippen molar-refractivity contribution in [1.29, 1.82) is 0 Å². The van der Waals surface area contributed by atoms with Gasteiger partial charge in [-0.2, -0.15) is 18.3 Å². The second-order valence-corrected chi connectivity index (χ2v) is 9.86. The van der Waals surface area contributed by atoms with Gasteiger partial charge in [-0.05, 0) is 43.4 Å². The van der Waals surface area contributed by atoms with Crippen LogP contribution < -0.4 is 22.2 Å². The number of nitrogen functional groups attached to an aromatic ring is 1. The zero-order valence-electron chi connectivity index (χ0n) is 21.6. The number of aryl methyl sites for hydroxylation is 1. The molecule has 41 heavy (non-hydrogen) atoms. The van der Waals surface area contributed by atoms with Crippen molar-refractivity contribution in [3.05, 3.63) is 74.4 Å². The summed E-state index contributed by atoms with van der Waals surface area (Å²) in [6, 6.07) is 3.59. The summed E-state index contributed by atoms with van der Waals surface area (Å²) in [4.78, 5) is 32.8. The van der Waals surface area contributed by atoms with Crippen LogP contribution in [0.5, 0.6) is 0 Å². The third-order valence-electron chi connectivity index (χ3n) is 6.85. The smallest absolute Gasteiger partial charge is 0.383 e. The Bertz CT molecular complexity index is 1730. The molecule has 0 saturated carbocycles. The predicted molar refractivity (Wildman–Crippen MR) is 139 cm³/mol. The Hall–Kier alpha value is -4.40. The summed E-state index contributed by atoms with van der Waals surface area (Å²) in [5.41, 5.74) is 0.553. The van der Waals surface area contributed by atoms with Gasteiger partial charge in [-0.1, -0.05) is 0 Å². The van der Waals surface area contributed by atoms with Crippen LogP contribution in [-0.2, 0) is 23.1 Å². The maximum atomic E-state index is 15.1. The first-order valence-corrected chi connectivity index (χ1v) is 12.5. The first kappa shape index (κ1) is 28.1. The second kappa shape index (κ2) is 10.5. The molecular formula is C26H24F5N7O3. The molecule has 0 amide bonds. The van der Waals surface area contributed by atoms with Crippen LogP contribution in [0.3, 0.4) is 0 Å². The van der Waals surface area contributed by atoms with E-state index in [4.69, 9.17) is 10.5 Å². The topological polar surface area (TPSA) is 141 Å². The van der Waals surface area contributed by atoms with E-state index < -0.39 is 46.1 Å². The number of fused-ring (bicyclic) bond motifs is 1. The van der Waals surface area contributed by atoms with Crippen LogP contribution in [0.15, 0.2) is 46.4 Å². The average Bonchev–Trinajstić information content (AvgIpc) is 2.88. The van der Waals surface area contributed by atoms with E-state index in [1.807, 2.05) is 0 Å². The number of benzene rings is 1. The number of aromatic amines is 1. The van der Waals surface area contributed by atoms with Gasteiger partial charge in [-0.25, -0.2) is 23.8 Å². The lowest BCUT2D eigenvalue weighted by molar-refractivity contribution is -0.138. The molecule has 4 N–H and O–H groups in total. The Morgan fingerprint density at radius 1 is 1.24 bits per heavy atom. The second-order valence-electron chi connectivity index (χ2n) is 9.86. The number of H-pyrrole nitrogens is 1. The van der Waals surface area contributed by atoms with Crippen LogP contribution in [0.2, 0.25) is 0 Å². The van der Waals surface area contributed by atoms with Gasteiger partial charge in [0, 0.05) is 25.0 Å². The van der Waals surface area contributed by atoms with Gasteiger partial charge in [0.25, 0.3) is 11.1 Å². The van der Waals surface area contributed by atoms with Crippen molar-refractivity contribution in [2.45, 2.75) is 44.2 Å². The van der Waals surface area contributed by atoms with Crippen molar-refractivity contribution < 1.29 is 26.7 Å². The third kappa shape index (κ3) is 5.49. The van der Waals surface area contributed by atoms with Crippen LogP contribution in [0.4, 0.5) is 33.5 Å². The van der Waals surface area contributed by atoms with Crippen LogP contribution >= 0.6 is 0 Å². The van der Waals surface area contributed by atoms with Crippen molar-refractivity contribution in [2.75, 3.05) is 24.3 Å². The lowest BCUT2D eigenvalue weighted by Gasteiger charge is -2.34. The molecule has 4 aromatic rings. The number of nitrogens with one attached hydrogen (secondary N) is 2. The van der Waals surface area contributed by atoms with Crippen molar-refractivity contribution in [1.82, 2.24) is 24.7 Å². The summed E-state index contributed by atoms with van der Waals surface area (Å²) >= 11 is 0. The Balaban J connectivity index is 1.30. The monoisotopic (exact) mass is 577 g/mol. The molecule has 0 radical (unpaired) electrons. The van der Waals surface area contributed by atoms with E-state index in [1.54, 1.807) is 18.1 Å². The summed E-state index contributed by atoms with van der Waals surface area (Å²) in [6.07, 6.45) is -0.507. The molecule has 3 aromatic heterocycles. The maximum Gasteiger partial charge on any atom is 0.423 e. The highest BCUT2D eigenvalue weighted by Crippen LogP contribution is 2.37. The fourth-order valence-electron chi connectivity index (χ4n) is 4.65.